The van der Waals surface area contributed by atoms with E-state index in [0.717, 1.165) is 44.5 Å². The van der Waals surface area contributed by atoms with Crippen LogP contribution in [-0.4, -0.2) is 58.3 Å². The zero-order chi connectivity index (χ0) is 16.8. The Labute approximate surface area is 143 Å². The number of aromatic nitrogens is 3. The maximum atomic E-state index is 4.73. The van der Waals surface area contributed by atoms with E-state index in [0.29, 0.717) is 6.54 Å². The van der Waals surface area contributed by atoms with E-state index in [4.69, 9.17) is 4.99 Å². The van der Waals surface area contributed by atoms with Gasteiger partial charge in [-0.25, -0.2) is 9.98 Å². The van der Waals surface area contributed by atoms with Crippen LogP contribution in [0.5, 0.6) is 0 Å². The van der Waals surface area contributed by atoms with Gasteiger partial charge in [0.05, 0.1) is 0 Å². The Morgan fingerprint density at radius 3 is 2.54 bits per heavy atom. The van der Waals surface area contributed by atoms with E-state index in [1.807, 2.05) is 7.05 Å². The summed E-state index contributed by atoms with van der Waals surface area (Å²) < 4.78 is 1.76. The van der Waals surface area contributed by atoms with Gasteiger partial charge in [0.1, 0.15) is 18.7 Å². The zero-order valence-corrected chi connectivity index (χ0v) is 14.4. The van der Waals surface area contributed by atoms with Crippen LogP contribution in [-0.2, 0) is 13.6 Å². The number of aliphatic imine (C=N–C) groups is 1. The fraction of sp³-hybridized carbons (Fsp3) is 0.471. The van der Waals surface area contributed by atoms with Crippen LogP contribution in [0.15, 0.2) is 41.7 Å². The second kappa shape index (κ2) is 7.81. The van der Waals surface area contributed by atoms with Crippen LogP contribution in [0.3, 0.4) is 0 Å². The van der Waals surface area contributed by atoms with Crippen molar-refractivity contribution >= 4 is 11.6 Å². The Morgan fingerprint density at radius 1 is 1.17 bits per heavy atom. The summed E-state index contributed by atoms with van der Waals surface area (Å²) in [6.07, 6.45) is 1.57. The molecule has 1 aliphatic heterocycles. The molecule has 0 radical (unpaired) electrons. The second-order valence-corrected chi connectivity index (χ2v) is 5.78. The first-order chi connectivity index (χ1) is 11.8. The molecule has 0 spiro atoms. The molecule has 128 valence electrons. The van der Waals surface area contributed by atoms with Gasteiger partial charge in [-0.15, -0.1) is 0 Å². The number of hydrogen-bond acceptors (Lipinski definition) is 4. The molecule has 0 atom stereocenters. The van der Waals surface area contributed by atoms with E-state index in [9.17, 15) is 0 Å². The van der Waals surface area contributed by atoms with Gasteiger partial charge in [-0.05, 0) is 19.1 Å². The number of aryl methyl sites for hydroxylation is 1. The van der Waals surface area contributed by atoms with Gasteiger partial charge in [0, 0.05) is 45.5 Å². The van der Waals surface area contributed by atoms with Gasteiger partial charge in [-0.3, -0.25) is 4.68 Å². The summed E-state index contributed by atoms with van der Waals surface area (Å²) in [5.41, 5.74) is 1.29. The topological polar surface area (TPSA) is 61.6 Å². The number of piperazine rings is 1. The van der Waals surface area contributed by atoms with Gasteiger partial charge in [0.2, 0.25) is 0 Å². The molecule has 7 heteroatoms. The van der Waals surface area contributed by atoms with Crippen LogP contribution in [0.25, 0.3) is 0 Å². The largest absolute Gasteiger partial charge is 0.368 e. The third kappa shape index (κ3) is 3.84. The predicted octanol–water partition coefficient (Wildman–Crippen LogP) is 1.10. The van der Waals surface area contributed by atoms with E-state index in [1.54, 1.807) is 11.0 Å². The highest BCUT2D eigenvalue weighted by molar-refractivity contribution is 5.80. The molecule has 0 aliphatic carbocycles. The molecule has 3 rings (SSSR count). The van der Waals surface area contributed by atoms with Crippen molar-refractivity contribution in [3.8, 4) is 0 Å². The van der Waals surface area contributed by atoms with E-state index in [2.05, 4.69) is 62.5 Å². The van der Waals surface area contributed by atoms with Gasteiger partial charge >= 0.3 is 0 Å². The number of hydrogen-bond donors (Lipinski definition) is 1. The maximum Gasteiger partial charge on any atom is 0.194 e. The summed E-state index contributed by atoms with van der Waals surface area (Å²) in [6, 6.07) is 10.6. The lowest BCUT2D eigenvalue weighted by Crippen LogP contribution is -2.52. The van der Waals surface area contributed by atoms with E-state index < -0.39 is 0 Å². The lowest BCUT2D eigenvalue weighted by atomic mass is 10.2. The van der Waals surface area contributed by atoms with Crippen molar-refractivity contribution in [3.05, 3.63) is 42.5 Å². The average molecular weight is 327 g/mol. The van der Waals surface area contributed by atoms with Crippen molar-refractivity contribution in [1.82, 2.24) is 25.0 Å². The zero-order valence-electron chi connectivity index (χ0n) is 14.4. The van der Waals surface area contributed by atoms with Crippen LogP contribution in [0.4, 0.5) is 5.69 Å². The van der Waals surface area contributed by atoms with E-state index in [1.165, 1.54) is 5.69 Å². The Kier molecular flexibility index (Phi) is 5.30. The van der Waals surface area contributed by atoms with Crippen LogP contribution in [0.1, 0.15) is 12.7 Å². The van der Waals surface area contributed by atoms with Crippen molar-refractivity contribution in [2.45, 2.75) is 13.5 Å². The summed E-state index contributed by atoms with van der Waals surface area (Å²) in [5, 5.41) is 7.48. The van der Waals surface area contributed by atoms with Crippen LogP contribution < -0.4 is 10.2 Å². The molecule has 1 aliphatic rings. The molecule has 1 aromatic heterocycles. The minimum Gasteiger partial charge on any atom is -0.368 e. The highest BCUT2D eigenvalue weighted by Gasteiger charge is 2.19. The third-order valence-corrected chi connectivity index (χ3v) is 4.21. The Morgan fingerprint density at radius 2 is 1.92 bits per heavy atom. The number of rotatable bonds is 4. The first kappa shape index (κ1) is 16.3. The van der Waals surface area contributed by atoms with Gasteiger partial charge in [0.15, 0.2) is 5.96 Å². The molecule has 0 saturated carbocycles. The number of anilines is 1. The molecule has 0 unspecified atom stereocenters. The minimum atomic E-state index is 0.539. The molecule has 0 bridgehead atoms. The van der Waals surface area contributed by atoms with Crippen LogP contribution in [0, 0.1) is 0 Å². The standard InChI is InChI=1S/C17H25N7/c1-3-18-17(19-13-16-20-14-21-22(16)2)24-11-9-23(10-12-24)15-7-5-4-6-8-15/h4-8,14H,3,9-13H2,1-2H3,(H,18,19). The summed E-state index contributed by atoms with van der Waals surface area (Å²) >= 11 is 0. The third-order valence-electron chi connectivity index (χ3n) is 4.21. The summed E-state index contributed by atoms with van der Waals surface area (Å²) in [4.78, 5) is 13.7. The number of nitrogens with zero attached hydrogens (tertiary/aromatic N) is 6. The van der Waals surface area contributed by atoms with Crippen molar-refractivity contribution in [2.75, 3.05) is 37.6 Å². The molecule has 1 N–H and O–H groups in total. The summed E-state index contributed by atoms with van der Waals surface area (Å²) in [6.45, 7) is 7.40. The van der Waals surface area contributed by atoms with Gasteiger partial charge < -0.3 is 15.1 Å². The Hall–Kier alpha value is -2.57. The molecular formula is C17H25N7. The van der Waals surface area contributed by atoms with E-state index in [-0.39, 0.29) is 0 Å². The molecule has 24 heavy (non-hydrogen) atoms. The van der Waals surface area contributed by atoms with E-state index >= 15 is 0 Å². The SMILES string of the molecule is CCNC(=NCc1ncnn1C)N1CCN(c2ccccc2)CC1. The Bertz CT molecular complexity index is 657. The number of nitrogens with one attached hydrogen (secondary N) is 1. The normalized spacial score (nSPS) is 15.7. The van der Waals surface area contributed by atoms with Crippen LogP contribution >= 0.6 is 0 Å². The summed E-state index contributed by atoms with van der Waals surface area (Å²) in [7, 11) is 1.89. The second-order valence-electron chi connectivity index (χ2n) is 5.78. The smallest absolute Gasteiger partial charge is 0.194 e. The van der Waals surface area contributed by atoms with Crippen molar-refractivity contribution in [1.29, 1.82) is 0 Å². The lowest BCUT2D eigenvalue weighted by Gasteiger charge is -2.37. The minimum absolute atomic E-state index is 0.539. The molecular weight excluding hydrogens is 302 g/mol. The monoisotopic (exact) mass is 327 g/mol. The molecule has 2 heterocycles. The quantitative estimate of drug-likeness (QED) is 0.673. The van der Waals surface area contributed by atoms with Gasteiger partial charge in [-0.1, -0.05) is 18.2 Å². The highest BCUT2D eigenvalue weighted by atomic mass is 15.4. The average Bonchev–Trinajstić information content (AvgIpc) is 3.04. The Balaban J connectivity index is 1.62. The van der Waals surface area contributed by atoms with Crippen molar-refractivity contribution < 1.29 is 0 Å². The fourth-order valence-electron chi connectivity index (χ4n) is 2.85. The first-order valence-electron chi connectivity index (χ1n) is 8.44. The first-order valence-corrected chi connectivity index (χ1v) is 8.44. The van der Waals surface area contributed by atoms with Crippen molar-refractivity contribution in [3.63, 3.8) is 0 Å². The molecule has 2 aromatic rings. The van der Waals surface area contributed by atoms with Crippen molar-refractivity contribution in [2.24, 2.45) is 12.0 Å². The number of para-hydroxylation sites is 1. The number of benzene rings is 1. The lowest BCUT2D eigenvalue weighted by molar-refractivity contribution is 0.372. The molecule has 1 aromatic carbocycles. The predicted molar refractivity (Wildman–Crippen MR) is 96.0 cm³/mol. The molecule has 1 fully saturated rings. The maximum absolute atomic E-state index is 4.73. The highest BCUT2D eigenvalue weighted by Crippen LogP contribution is 2.15. The molecule has 0 amide bonds. The van der Waals surface area contributed by atoms with Gasteiger partial charge in [0.25, 0.3) is 0 Å². The molecule has 1 saturated heterocycles. The van der Waals surface area contributed by atoms with Gasteiger partial charge in [-0.2, -0.15) is 5.10 Å². The number of guanidine groups is 1. The summed E-state index contributed by atoms with van der Waals surface area (Å²) in [5.74, 6) is 1.82. The van der Waals surface area contributed by atoms with Crippen LogP contribution in [0.2, 0.25) is 0 Å². The fourth-order valence-corrected chi connectivity index (χ4v) is 2.85. The molecule has 7 nitrogen and oxygen atoms in total.